The molecule has 2 heteroatoms. The number of hydrogen-bond donors (Lipinski definition) is 0. The summed E-state index contributed by atoms with van der Waals surface area (Å²) in [6, 6.07) is 45.9. The topological polar surface area (TPSA) is 9.23 Å². The van der Waals surface area contributed by atoms with E-state index in [-0.39, 0.29) is 6.71 Å². The van der Waals surface area contributed by atoms with Crippen molar-refractivity contribution >= 4 is 55.4 Å². The highest BCUT2D eigenvalue weighted by molar-refractivity contribution is 6.98. The van der Waals surface area contributed by atoms with Gasteiger partial charge in [-0.3, -0.25) is 0 Å². The molecule has 7 aromatic carbocycles. The highest BCUT2D eigenvalue weighted by Crippen LogP contribution is 2.41. The van der Waals surface area contributed by atoms with Crippen LogP contribution in [0.5, 0.6) is 11.5 Å². The van der Waals surface area contributed by atoms with Gasteiger partial charge in [-0.25, -0.2) is 0 Å². The van der Waals surface area contributed by atoms with Crippen molar-refractivity contribution in [3.8, 4) is 22.6 Å². The molecule has 1 nitrogen and oxygen atoms in total. The molecule has 0 amide bonds. The maximum Gasteiger partial charge on any atom is 0.251 e. The fourth-order valence-corrected chi connectivity index (χ4v) is 6.20. The lowest BCUT2D eigenvalue weighted by Gasteiger charge is -2.29. The predicted molar refractivity (Wildman–Crippen MR) is 153 cm³/mol. The summed E-state index contributed by atoms with van der Waals surface area (Å²) in [6.45, 7) is 0.115. The predicted octanol–water partition coefficient (Wildman–Crippen LogP) is 6.87. The molecule has 0 saturated carbocycles. The van der Waals surface area contributed by atoms with Gasteiger partial charge in [0.05, 0.1) is 0 Å². The molecule has 1 aliphatic heterocycles. The normalized spacial score (nSPS) is 12.6. The minimum Gasteiger partial charge on any atom is -0.458 e. The van der Waals surface area contributed by atoms with Crippen LogP contribution in [0.3, 0.4) is 0 Å². The quantitative estimate of drug-likeness (QED) is 0.204. The van der Waals surface area contributed by atoms with Crippen LogP contribution < -0.4 is 21.1 Å². The molecule has 0 atom stereocenters. The molecule has 1 heterocycles. The Hall–Kier alpha value is -4.56. The van der Waals surface area contributed by atoms with E-state index in [2.05, 4.69) is 127 Å². The highest BCUT2D eigenvalue weighted by Gasteiger charge is 2.34. The van der Waals surface area contributed by atoms with Crippen LogP contribution in [0.1, 0.15) is 0 Å². The Morgan fingerprint density at radius 3 is 2.03 bits per heavy atom. The van der Waals surface area contributed by atoms with Gasteiger partial charge in [-0.2, -0.15) is 0 Å². The fourth-order valence-electron chi connectivity index (χ4n) is 6.20. The Bertz CT molecular complexity index is 1910. The van der Waals surface area contributed by atoms with Crippen molar-refractivity contribution in [1.82, 2.24) is 0 Å². The molecular formula is C34H21BO. The lowest BCUT2D eigenvalue weighted by molar-refractivity contribution is 0.488. The molecule has 1 aliphatic rings. The van der Waals surface area contributed by atoms with Gasteiger partial charge in [0.2, 0.25) is 0 Å². The van der Waals surface area contributed by atoms with Gasteiger partial charge in [0.15, 0.2) is 0 Å². The number of rotatable bonds is 2. The second-order valence-electron chi connectivity index (χ2n) is 9.67. The summed E-state index contributed by atoms with van der Waals surface area (Å²) in [4.78, 5) is 0. The lowest BCUT2D eigenvalue weighted by Crippen LogP contribution is -2.55. The molecule has 0 spiro atoms. The van der Waals surface area contributed by atoms with Crippen LogP contribution in [-0.2, 0) is 0 Å². The summed E-state index contributed by atoms with van der Waals surface area (Å²) in [7, 11) is 0. The Kier molecular flexibility index (Phi) is 4.09. The van der Waals surface area contributed by atoms with E-state index in [9.17, 15) is 0 Å². The van der Waals surface area contributed by atoms with Crippen LogP contribution in [0.4, 0.5) is 0 Å². The van der Waals surface area contributed by atoms with Gasteiger partial charge in [0, 0.05) is 0 Å². The van der Waals surface area contributed by atoms with Gasteiger partial charge in [0.1, 0.15) is 11.5 Å². The number of fused-ring (bicyclic) bond motifs is 3. The van der Waals surface area contributed by atoms with E-state index in [1.54, 1.807) is 0 Å². The van der Waals surface area contributed by atoms with E-state index in [1.165, 1.54) is 59.8 Å². The largest absolute Gasteiger partial charge is 0.458 e. The third-order valence-corrected chi connectivity index (χ3v) is 7.74. The first-order chi connectivity index (χ1) is 17.9. The molecule has 0 bridgehead atoms. The van der Waals surface area contributed by atoms with Gasteiger partial charge in [-0.1, -0.05) is 121 Å². The minimum atomic E-state index is 0.115. The van der Waals surface area contributed by atoms with Gasteiger partial charge < -0.3 is 4.74 Å². The van der Waals surface area contributed by atoms with Crippen molar-refractivity contribution in [2.45, 2.75) is 0 Å². The monoisotopic (exact) mass is 456 g/mol. The zero-order valence-corrected chi connectivity index (χ0v) is 19.6. The number of ether oxygens (including phenoxy) is 1. The molecule has 7 aromatic rings. The van der Waals surface area contributed by atoms with Gasteiger partial charge in [0.25, 0.3) is 6.71 Å². The maximum absolute atomic E-state index is 6.57. The number of benzene rings is 7. The Balaban J connectivity index is 1.50. The lowest BCUT2D eigenvalue weighted by atomic mass is 9.35. The smallest absolute Gasteiger partial charge is 0.251 e. The molecule has 36 heavy (non-hydrogen) atoms. The third kappa shape index (κ3) is 2.73. The van der Waals surface area contributed by atoms with Crippen molar-refractivity contribution in [3.63, 3.8) is 0 Å². The van der Waals surface area contributed by atoms with E-state index in [0.29, 0.717) is 0 Å². The molecule has 0 N–H and O–H groups in total. The van der Waals surface area contributed by atoms with Crippen LogP contribution in [0.2, 0.25) is 0 Å². The first-order valence-electron chi connectivity index (χ1n) is 12.5. The van der Waals surface area contributed by atoms with Crippen molar-refractivity contribution in [2.75, 3.05) is 0 Å². The molecule has 0 fully saturated rings. The molecular weight excluding hydrogens is 435 g/mol. The van der Waals surface area contributed by atoms with E-state index in [4.69, 9.17) is 4.74 Å². The van der Waals surface area contributed by atoms with E-state index >= 15 is 0 Å². The van der Waals surface area contributed by atoms with E-state index in [0.717, 1.165) is 11.5 Å². The van der Waals surface area contributed by atoms with E-state index < -0.39 is 0 Å². The van der Waals surface area contributed by atoms with Crippen molar-refractivity contribution in [3.05, 3.63) is 127 Å². The molecule has 0 aromatic heterocycles. The second kappa shape index (κ2) is 7.47. The number of hydrogen-bond acceptors (Lipinski definition) is 1. The number of para-hydroxylation sites is 1. The summed E-state index contributed by atoms with van der Waals surface area (Å²) >= 11 is 0. The summed E-state index contributed by atoms with van der Waals surface area (Å²) in [5.41, 5.74) is 6.28. The van der Waals surface area contributed by atoms with Crippen LogP contribution in [0, 0.1) is 0 Å². The summed E-state index contributed by atoms with van der Waals surface area (Å²) in [5.74, 6) is 1.90. The summed E-state index contributed by atoms with van der Waals surface area (Å²) in [6.07, 6.45) is 0. The average molecular weight is 456 g/mol. The minimum absolute atomic E-state index is 0.115. The van der Waals surface area contributed by atoms with Crippen LogP contribution >= 0.6 is 0 Å². The first kappa shape index (κ1) is 19.7. The van der Waals surface area contributed by atoms with Crippen molar-refractivity contribution in [2.24, 2.45) is 0 Å². The maximum atomic E-state index is 6.57. The summed E-state index contributed by atoms with van der Waals surface area (Å²) in [5, 5.41) is 7.72. The van der Waals surface area contributed by atoms with Crippen LogP contribution in [-0.4, -0.2) is 6.71 Å². The molecule has 0 aliphatic carbocycles. The fraction of sp³-hybridized carbons (Fsp3) is 0. The SMILES string of the molecule is c1ccc(B2c3ccccc3Oc3cc4ccc5c(-c6ccccc6)ccc6ccc(c32)c4c65)cc1. The molecule has 0 unspecified atom stereocenters. The first-order valence-corrected chi connectivity index (χ1v) is 12.5. The zero-order valence-electron chi connectivity index (χ0n) is 19.6. The van der Waals surface area contributed by atoms with E-state index in [1.807, 2.05) is 0 Å². The van der Waals surface area contributed by atoms with Gasteiger partial charge in [-0.15, -0.1) is 0 Å². The molecule has 8 rings (SSSR count). The zero-order chi connectivity index (χ0) is 23.6. The Morgan fingerprint density at radius 2 is 1.17 bits per heavy atom. The molecule has 0 saturated heterocycles. The molecule has 166 valence electrons. The molecule has 0 radical (unpaired) electrons. The van der Waals surface area contributed by atoms with Crippen molar-refractivity contribution < 1.29 is 4.74 Å². The van der Waals surface area contributed by atoms with Gasteiger partial charge in [-0.05, 0) is 66.5 Å². The average Bonchev–Trinajstić information content (AvgIpc) is 2.95. The Labute approximate surface area is 210 Å². The Morgan fingerprint density at radius 1 is 0.500 bits per heavy atom. The van der Waals surface area contributed by atoms with Gasteiger partial charge >= 0.3 is 0 Å². The second-order valence-corrected chi connectivity index (χ2v) is 9.67. The summed E-state index contributed by atoms with van der Waals surface area (Å²) < 4.78 is 6.57. The van der Waals surface area contributed by atoms with Crippen LogP contribution in [0.25, 0.3) is 43.4 Å². The van der Waals surface area contributed by atoms with Crippen molar-refractivity contribution in [1.29, 1.82) is 0 Å². The highest BCUT2D eigenvalue weighted by atomic mass is 16.5. The third-order valence-electron chi connectivity index (χ3n) is 7.74. The van der Waals surface area contributed by atoms with Crippen LogP contribution in [0.15, 0.2) is 127 Å². The standard InChI is InChI=1S/C34H21BO/c1-3-9-22(10-4-1)26-18-15-23-16-20-28-33-24(17-19-27(26)32(23)33)21-31-34(28)35(25-11-5-2-6-12-25)29-13-7-8-14-30(29)36-31/h1-21H.